The molecule has 0 saturated carbocycles. The van der Waals surface area contributed by atoms with Crippen molar-refractivity contribution in [3.05, 3.63) is 52.7 Å². The van der Waals surface area contributed by atoms with Gasteiger partial charge >= 0.3 is 0 Å². The number of amides is 1. The van der Waals surface area contributed by atoms with Crippen LogP contribution in [0.5, 0.6) is 0 Å². The maximum atomic E-state index is 13.3. The maximum Gasteiger partial charge on any atom is 0.275 e. The van der Waals surface area contributed by atoms with Crippen LogP contribution in [-0.4, -0.2) is 56.3 Å². The predicted octanol–water partition coefficient (Wildman–Crippen LogP) is 1.67. The third kappa shape index (κ3) is 3.04. The van der Waals surface area contributed by atoms with E-state index < -0.39 is 0 Å². The van der Waals surface area contributed by atoms with Crippen molar-refractivity contribution in [2.24, 2.45) is 7.05 Å². The van der Waals surface area contributed by atoms with Crippen LogP contribution in [0.25, 0.3) is 10.8 Å². The van der Waals surface area contributed by atoms with E-state index in [1.807, 2.05) is 48.7 Å². The molecule has 28 heavy (non-hydrogen) atoms. The first kappa shape index (κ1) is 18.2. The summed E-state index contributed by atoms with van der Waals surface area (Å²) in [5.41, 5.74) is 0.177. The van der Waals surface area contributed by atoms with Crippen molar-refractivity contribution < 1.29 is 4.79 Å². The fraction of sp³-hybridized carbons (Fsp3) is 0.400. The molecule has 4 rings (SSSR count). The van der Waals surface area contributed by atoms with Crippen LogP contribution < -0.4 is 10.5 Å². The highest BCUT2D eigenvalue weighted by molar-refractivity contribution is 6.04. The maximum absolute atomic E-state index is 13.3. The van der Waals surface area contributed by atoms with E-state index in [-0.39, 0.29) is 17.5 Å². The molecular formula is C20H24N6O2. The number of nitrogens with zero attached hydrogens (tertiary/aromatic N) is 6. The third-order valence-electron chi connectivity index (χ3n) is 5.17. The van der Waals surface area contributed by atoms with E-state index in [4.69, 9.17) is 0 Å². The molecule has 1 amide bonds. The van der Waals surface area contributed by atoms with Crippen molar-refractivity contribution in [1.29, 1.82) is 0 Å². The number of hydrogen-bond donors (Lipinski definition) is 0. The van der Waals surface area contributed by atoms with Crippen molar-refractivity contribution in [3.8, 4) is 0 Å². The third-order valence-corrected chi connectivity index (χ3v) is 5.17. The van der Waals surface area contributed by atoms with Crippen molar-refractivity contribution in [2.45, 2.75) is 19.9 Å². The molecule has 1 aromatic carbocycles. The topological polar surface area (TPSA) is 76.3 Å². The first-order valence-corrected chi connectivity index (χ1v) is 9.50. The van der Waals surface area contributed by atoms with E-state index >= 15 is 0 Å². The van der Waals surface area contributed by atoms with E-state index in [1.54, 1.807) is 18.3 Å². The average Bonchev–Trinajstić information content (AvgIpc) is 3.14. The fourth-order valence-corrected chi connectivity index (χ4v) is 3.64. The summed E-state index contributed by atoms with van der Waals surface area (Å²) in [6.45, 7) is 6.37. The molecule has 8 nitrogen and oxygen atoms in total. The highest BCUT2D eigenvalue weighted by Gasteiger charge is 2.27. The first-order chi connectivity index (χ1) is 13.5. The van der Waals surface area contributed by atoms with Gasteiger partial charge in [-0.05, 0) is 19.9 Å². The Labute approximate surface area is 163 Å². The van der Waals surface area contributed by atoms with Crippen molar-refractivity contribution in [2.75, 3.05) is 31.1 Å². The van der Waals surface area contributed by atoms with Crippen LogP contribution in [0.1, 0.15) is 30.4 Å². The van der Waals surface area contributed by atoms with Crippen LogP contribution in [0.15, 0.2) is 41.5 Å². The summed E-state index contributed by atoms with van der Waals surface area (Å²) in [4.78, 5) is 34.3. The van der Waals surface area contributed by atoms with E-state index in [2.05, 4.69) is 15.0 Å². The molecule has 0 unspecified atom stereocenters. The largest absolute Gasteiger partial charge is 0.339 e. The van der Waals surface area contributed by atoms with Crippen LogP contribution >= 0.6 is 0 Å². The number of imidazole rings is 1. The molecule has 0 radical (unpaired) electrons. The van der Waals surface area contributed by atoms with Gasteiger partial charge in [-0.15, -0.1) is 0 Å². The van der Waals surface area contributed by atoms with Gasteiger partial charge in [0.05, 0.1) is 11.4 Å². The van der Waals surface area contributed by atoms with Crippen molar-refractivity contribution in [3.63, 3.8) is 0 Å². The molecule has 3 heterocycles. The summed E-state index contributed by atoms with van der Waals surface area (Å²) in [7, 11) is 1.96. The van der Waals surface area contributed by atoms with Crippen LogP contribution in [0.3, 0.4) is 0 Å². The number of fused-ring (bicyclic) bond motifs is 1. The number of aryl methyl sites for hydroxylation is 1. The molecule has 146 valence electrons. The zero-order valence-corrected chi connectivity index (χ0v) is 16.4. The SMILES string of the molecule is CC(C)n1nc(C(=O)N2CCN(c3nccn3C)CC2)c2ccccc2c1=O. The number of aromatic nitrogens is 4. The molecule has 0 bridgehead atoms. The minimum atomic E-state index is -0.165. The number of rotatable bonds is 3. The van der Waals surface area contributed by atoms with E-state index in [0.29, 0.717) is 42.6 Å². The Bertz CT molecular complexity index is 1080. The van der Waals surface area contributed by atoms with Crippen LogP contribution in [-0.2, 0) is 7.05 Å². The van der Waals surface area contributed by atoms with Crippen molar-refractivity contribution in [1.82, 2.24) is 24.2 Å². The lowest BCUT2D eigenvalue weighted by molar-refractivity contribution is 0.0739. The van der Waals surface area contributed by atoms with Gasteiger partial charge in [0.2, 0.25) is 5.95 Å². The second kappa shape index (κ2) is 7.10. The van der Waals surface area contributed by atoms with Gasteiger partial charge in [-0.3, -0.25) is 9.59 Å². The van der Waals surface area contributed by atoms with E-state index in [1.165, 1.54) is 4.68 Å². The Balaban J connectivity index is 1.64. The molecule has 0 spiro atoms. The second-order valence-corrected chi connectivity index (χ2v) is 7.36. The van der Waals surface area contributed by atoms with Gasteiger partial charge in [0.15, 0.2) is 5.69 Å². The number of carbonyl (C=O) groups is 1. The molecule has 0 atom stereocenters. The number of piperazine rings is 1. The summed E-state index contributed by atoms with van der Waals surface area (Å²) in [5.74, 6) is 0.772. The lowest BCUT2D eigenvalue weighted by Gasteiger charge is -2.35. The monoisotopic (exact) mass is 380 g/mol. The molecule has 1 aliphatic rings. The summed E-state index contributed by atoms with van der Waals surface area (Å²) in [6, 6.07) is 7.08. The molecule has 0 N–H and O–H groups in total. The Hall–Kier alpha value is -3.16. The zero-order chi connectivity index (χ0) is 19.8. The lowest BCUT2D eigenvalue weighted by Crippen LogP contribution is -2.50. The fourth-order valence-electron chi connectivity index (χ4n) is 3.64. The summed E-state index contributed by atoms with van der Waals surface area (Å²) in [5, 5.41) is 5.58. The van der Waals surface area contributed by atoms with Crippen molar-refractivity contribution >= 4 is 22.6 Å². The van der Waals surface area contributed by atoms with E-state index in [9.17, 15) is 9.59 Å². The minimum Gasteiger partial charge on any atom is -0.339 e. The van der Waals surface area contributed by atoms with Gasteiger partial charge in [0.25, 0.3) is 11.5 Å². The molecule has 1 fully saturated rings. The zero-order valence-electron chi connectivity index (χ0n) is 16.4. The van der Waals surface area contributed by atoms with E-state index in [0.717, 1.165) is 5.95 Å². The summed E-state index contributed by atoms with van der Waals surface area (Å²) in [6.07, 6.45) is 3.69. The molecule has 1 saturated heterocycles. The smallest absolute Gasteiger partial charge is 0.275 e. The van der Waals surface area contributed by atoms with Gasteiger partial charge in [0.1, 0.15) is 0 Å². The number of anilines is 1. The second-order valence-electron chi connectivity index (χ2n) is 7.36. The standard InChI is InChI=1S/C20H24N6O2/c1-14(2)26-18(27)16-7-5-4-6-15(16)17(22-26)19(28)24-10-12-25(13-11-24)20-21-8-9-23(20)3/h4-9,14H,10-13H2,1-3H3. The normalized spacial score (nSPS) is 14.9. The first-order valence-electron chi connectivity index (χ1n) is 9.50. The number of benzene rings is 1. The predicted molar refractivity (Wildman–Crippen MR) is 108 cm³/mol. The van der Waals surface area contributed by atoms with Gasteiger partial charge in [-0.1, -0.05) is 18.2 Å². The van der Waals surface area contributed by atoms with Crippen LogP contribution in [0.4, 0.5) is 5.95 Å². The van der Waals surface area contributed by atoms with Gasteiger partial charge in [0, 0.05) is 51.0 Å². The Morgan fingerprint density at radius 1 is 1.07 bits per heavy atom. The Morgan fingerprint density at radius 3 is 2.36 bits per heavy atom. The Morgan fingerprint density at radius 2 is 1.75 bits per heavy atom. The van der Waals surface area contributed by atoms with Crippen LogP contribution in [0.2, 0.25) is 0 Å². The molecule has 0 aliphatic carbocycles. The van der Waals surface area contributed by atoms with Gasteiger partial charge in [-0.25, -0.2) is 9.67 Å². The number of carbonyl (C=O) groups excluding carboxylic acids is 1. The number of hydrogen-bond acceptors (Lipinski definition) is 5. The Kier molecular flexibility index (Phi) is 4.62. The van der Waals surface area contributed by atoms with Gasteiger partial charge in [-0.2, -0.15) is 5.10 Å². The molecule has 3 aromatic rings. The molecular weight excluding hydrogens is 356 g/mol. The molecule has 8 heteroatoms. The highest BCUT2D eigenvalue weighted by atomic mass is 16.2. The summed E-state index contributed by atoms with van der Waals surface area (Å²) < 4.78 is 3.38. The lowest BCUT2D eigenvalue weighted by atomic mass is 10.1. The molecule has 1 aliphatic heterocycles. The van der Waals surface area contributed by atoms with Gasteiger partial charge < -0.3 is 14.4 Å². The summed E-state index contributed by atoms with van der Waals surface area (Å²) >= 11 is 0. The minimum absolute atomic E-state index is 0.121. The molecule has 2 aromatic heterocycles. The highest BCUT2D eigenvalue weighted by Crippen LogP contribution is 2.19. The quantitative estimate of drug-likeness (QED) is 0.691. The average molecular weight is 380 g/mol. The van der Waals surface area contributed by atoms with Crippen LogP contribution in [0, 0.1) is 0 Å².